The number of carbonyl (C=O) groups is 3. The van der Waals surface area contributed by atoms with Gasteiger partial charge in [-0.1, -0.05) is 35.7 Å². The van der Waals surface area contributed by atoms with Crippen LogP contribution in [-0.2, 0) is 22.6 Å². The van der Waals surface area contributed by atoms with Gasteiger partial charge in [-0.05, 0) is 52.3 Å². The third-order valence-corrected chi connectivity index (χ3v) is 8.40. The Labute approximate surface area is 313 Å². The molecule has 2 aromatic carbocycles. The fourth-order valence-electron chi connectivity index (χ4n) is 5.24. The minimum absolute atomic E-state index is 0. The van der Waals surface area contributed by atoms with Crippen LogP contribution in [-0.4, -0.2) is 95.3 Å². The SMILES string of the molecule is CCOC(=O)c1nn(CCNC(=O)OC(C)(C)C)c2c1ccc1cnc(SC)nc12.CSc1ncc2ccc3c(C(N)=O)nn(CCN)c3c2n1.Cl. The highest BCUT2D eigenvalue weighted by Gasteiger charge is 2.22. The molecule has 4 heterocycles. The van der Waals surface area contributed by atoms with Gasteiger partial charge in [0.2, 0.25) is 0 Å². The van der Waals surface area contributed by atoms with Crippen LogP contribution < -0.4 is 16.8 Å². The van der Waals surface area contributed by atoms with Gasteiger partial charge in [0, 0.05) is 47.0 Å². The molecule has 5 N–H and O–H groups in total. The second-order valence-corrected chi connectivity index (χ2v) is 13.5. The molecule has 0 saturated carbocycles. The van der Waals surface area contributed by atoms with Crippen molar-refractivity contribution in [2.24, 2.45) is 11.5 Å². The molecule has 6 rings (SSSR count). The summed E-state index contributed by atoms with van der Waals surface area (Å²) in [6.45, 7) is 8.89. The number of amides is 2. The molecule has 276 valence electrons. The maximum Gasteiger partial charge on any atom is 0.407 e. The highest BCUT2D eigenvalue weighted by Crippen LogP contribution is 2.29. The van der Waals surface area contributed by atoms with E-state index in [-0.39, 0.29) is 36.9 Å². The van der Waals surface area contributed by atoms with E-state index in [2.05, 4.69) is 35.5 Å². The fourth-order valence-corrected chi connectivity index (χ4v) is 5.92. The van der Waals surface area contributed by atoms with Crippen molar-refractivity contribution < 1.29 is 23.9 Å². The van der Waals surface area contributed by atoms with Crippen LogP contribution in [0, 0.1) is 0 Å². The van der Waals surface area contributed by atoms with Gasteiger partial charge >= 0.3 is 12.1 Å². The average Bonchev–Trinajstić information content (AvgIpc) is 3.67. The van der Waals surface area contributed by atoms with Gasteiger partial charge in [0.05, 0.1) is 30.7 Å². The summed E-state index contributed by atoms with van der Waals surface area (Å²) in [6, 6.07) is 7.36. The molecule has 0 saturated heterocycles. The summed E-state index contributed by atoms with van der Waals surface area (Å²) in [4.78, 5) is 53.7. The van der Waals surface area contributed by atoms with E-state index in [0.717, 1.165) is 21.8 Å². The second kappa shape index (κ2) is 17.2. The summed E-state index contributed by atoms with van der Waals surface area (Å²) < 4.78 is 13.8. The van der Waals surface area contributed by atoms with Crippen LogP contribution in [0.5, 0.6) is 0 Å². The number of carbonyl (C=O) groups excluding carboxylic acids is 3. The van der Waals surface area contributed by atoms with Crippen molar-refractivity contribution in [2.45, 2.75) is 56.7 Å². The van der Waals surface area contributed by atoms with E-state index < -0.39 is 23.6 Å². The lowest BCUT2D eigenvalue weighted by atomic mass is 10.1. The number of nitrogens with one attached hydrogen (secondary N) is 1. The number of esters is 1. The molecule has 0 unspecified atom stereocenters. The van der Waals surface area contributed by atoms with Crippen molar-refractivity contribution in [3.8, 4) is 0 Å². The number of nitrogens with zero attached hydrogens (tertiary/aromatic N) is 8. The molecule has 19 heteroatoms. The Morgan fingerprint density at radius 3 is 1.85 bits per heavy atom. The number of alkyl carbamates (subject to hydrolysis) is 1. The van der Waals surface area contributed by atoms with Crippen LogP contribution in [0.25, 0.3) is 43.6 Å². The van der Waals surface area contributed by atoms with Crippen LogP contribution in [0.2, 0.25) is 0 Å². The third kappa shape index (κ3) is 8.80. The zero-order chi connectivity index (χ0) is 36.9. The first-order valence-corrected chi connectivity index (χ1v) is 18.4. The number of rotatable bonds is 10. The highest BCUT2D eigenvalue weighted by molar-refractivity contribution is 7.98. The number of hydrogen-bond donors (Lipinski definition) is 3. The summed E-state index contributed by atoms with van der Waals surface area (Å²) in [7, 11) is 0. The molecule has 6 aromatic rings. The van der Waals surface area contributed by atoms with E-state index in [4.69, 9.17) is 20.9 Å². The molecule has 0 radical (unpaired) electrons. The maximum absolute atomic E-state index is 12.4. The predicted octanol–water partition coefficient (Wildman–Crippen LogP) is 4.58. The zero-order valence-corrected chi connectivity index (χ0v) is 31.9. The topological polar surface area (TPSA) is 221 Å². The molecule has 2 amide bonds. The number of hydrogen-bond acceptors (Lipinski definition) is 14. The first-order valence-electron chi connectivity index (χ1n) is 15.9. The van der Waals surface area contributed by atoms with E-state index in [0.29, 0.717) is 51.8 Å². The Bertz CT molecular complexity index is 2260. The Hall–Kier alpha value is -4.78. The zero-order valence-electron chi connectivity index (χ0n) is 29.5. The van der Waals surface area contributed by atoms with Gasteiger partial charge in [-0.3, -0.25) is 14.2 Å². The molecule has 0 spiro atoms. The van der Waals surface area contributed by atoms with E-state index in [1.165, 1.54) is 23.5 Å². The van der Waals surface area contributed by atoms with Gasteiger partial charge in [-0.2, -0.15) is 10.2 Å². The van der Waals surface area contributed by atoms with Crippen LogP contribution in [0.4, 0.5) is 4.79 Å². The number of benzene rings is 2. The summed E-state index contributed by atoms with van der Waals surface area (Å²) in [6.07, 6.45) is 6.80. The first-order chi connectivity index (χ1) is 24.4. The number of nitrogens with two attached hydrogens (primary N) is 2. The molecule has 0 fully saturated rings. The van der Waals surface area contributed by atoms with Crippen molar-refractivity contribution in [1.29, 1.82) is 0 Å². The molecule has 0 aliphatic rings. The quantitative estimate of drug-likeness (QED) is 0.0986. The summed E-state index contributed by atoms with van der Waals surface area (Å²) in [5.74, 6) is -1.06. The number of fused-ring (bicyclic) bond motifs is 6. The lowest BCUT2D eigenvalue weighted by Crippen LogP contribution is -2.34. The Kier molecular flexibility index (Phi) is 13.2. The molecule has 0 atom stereocenters. The standard InChI is InChI=1S/C20H25N5O4S.C13H14N6OS.ClH/c1-6-28-17(26)15-13-8-7-12-11-22-18(30-5)23-14(12)16(13)25(24-15)10-9-21-19(27)29-20(2,3)4;1-21-13-16-6-7-2-3-8-10(12(15)20)18-19(5-4-14)11(8)9(7)17-13;/h7-8,11H,6,9-10H2,1-5H3,(H,21,27);2-3,6H,4-5,14H2,1H3,(H2,15,20);1H. The molecule has 0 aliphatic heterocycles. The van der Waals surface area contributed by atoms with Gasteiger partial charge in [-0.25, -0.2) is 29.5 Å². The molecule has 52 heavy (non-hydrogen) atoms. The Morgan fingerprint density at radius 1 is 0.846 bits per heavy atom. The molecular formula is C33H40ClN11O5S2. The van der Waals surface area contributed by atoms with Crippen LogP contribution in [0.3, 0.4) is 0 Å². The predicted molar refractivity (Wildman–Crippen MR) is 204 cm³/mol. The number of ether oxygens (including phenoxy) is 2. The van der Waals surface area contributed by atoms with E-state index in [1.807, 2.05) is 36.8 Å². The second-order valence-electron chi connectivity index (χ2n) is 12.0. The Morgan fingerprint density at radius 2 is 1.37 bits per heavy atom. The van der Waals surface area contributed by atoms with Crippen LogP contribution in [0.1, 0.15) is 48.7 Å². The minimum Gasteiger partial charge on any atom is -0.461 e. The Balaban J connectivity index is 0.000000242. The largest absolute Gasteiger partial charge is 0.461 e. The van der Waals surface area contributed by atoms with Crippen LogP contribution in [0.15, 0.2) is 47.0 Å². The number of aromatic nitrogens is 8. The lowest BCUT2D eigenvalue weighted by molar-refractivity contribution is 0.0508. The monoisotopic (exact) mass is 769 g/mol. The van der Waals surface area contributed by atoms with Crippen molar-refractivity contribution in [3.05, 3.63) is 48.0 Å². The molecule has 0 bridgehead atoms. The van der Waals surface area contributed by atoms with E-state index >= 15 is 0 Å². The average molecular weight is 770 g/mol. The molecule has 16 nitrogen and oxygen atoms in total. The number of thioether (sulfide) groups is 2. The summed E-state index contributed by atoms with van der Waals surface area (Å²) >= 11 is 2.89. The maximum atomic E-state index is 12.4. The van der Waals surface area contributed by atoms with Crippen LogP contribution >= 0.6 is 35.9 Å². The van der Waals surface area contributed by atoms with Crippen molar-refractivity contribution in [2.75, 3.05) is 32.2 Å². The van der Waals surface area contributed by atoms with Crippen molar-refractivity contribution in [3.63, 3.8) is 0 Å². The highest BCUT2D eigenvalue weighted by atomic mass is 35.5. The normalized spacial score (nSPS) is 11.3. The number of halogens is 1. The first kappa shape index (κ1) is 40.0. The minimum atomic E-state index is -0.582. The number of primary amides is 1. The van der Waals surface area contributed by atoms with Gasteiger partial charge in [0.15, 0.2) is 21.7 Å². The third-order valence-electron chi connectivity index (χ3n) is 7.28. The van der Waals surface area contributed by atoms with Gasteiger partial charge in [0.1, 0.15) is 16.6 Å². The fraction of sp³-hybridized carbons (Fsp3) is 0.364. The van der Waals surface area contributed by atoms with Gasteiger partial charge < -0.3 is 26.3 Å². The van der Waals surface area contributed by atoms with E-state index in [1.54, 1.807) is 49.5 Å². The molecule has 0 aliphatic carbocycles. The van der Waals surface area contributed by atoms with E-state index in [9.17, 15) is 14.4 Å². The summed E-state index contributed by atoms with van der Waals surface area (Å²) in [5, 5.41) is 15.8. The molecular weight excluding hydrogens is 730 g/mol. The van der Waals surface area contributed by atoms with Gasteiger partial charge in [-0.15, -0.1) is 12.4 Å². The van der Waals surface area contributed by atoms with Crippen molar-refractivity contribution >= 4 is 97.5 Å². The van der Waals surface area contributed by atoms with Gasteiger partial charge in [0.25, 0.3) is 5.91 Å². The summed E-state index contributed by atoms with van der Waals surface area (Å²) in [5.41, 5.74) is 13.8. The lowest BCUT2D eigenvalue weighted by Gasteiger charge is -2.19. The smallest absolute Gasteiger partial charge is 0.407 e. The molecule has 4 aromatic heterocycles. The van der Waals surface area contributed by atoms with Crippen molar-refractivity contribution in [1.82, 2.24) is 44.8 Å².